The van der Waals surface area contributed by atoms with Crippen LogP contribution in [0.15, 0.2) is 73.3 Å². The van der Waals surface area contributed by atoms with Gasteiger partial charge in [-0.25, -0.2) is 0 Å². The van der Waals surface area contributed by atoms with Crippen molar-refractivity contribution in [1.29, 1.82) is 0 Å². The van der Waals surface area contributed by atoms with Gasteiger partial charge in [-0.3, -0.25) is 5.10 Å². The van der Waals surface area contributed by atoms with Crippen molar-refractivity contribution < 1.29 is 9.08 Å². The third-order valence-electron chi connectivity index (χ3n) is 4.66. The largest absolute Gasteiger partial charge is 0.385 e. The molecule has 0 aliphatic rings. The zero-order valence-electron chi connectivity index (χ0n) is 14.1. The molecule has 0 spiro atoms. The van der Waals surface area contributed by atoms with E-state index >= 15 is 0 Å². The van der Waals surface area contributed by atoms with Crippen LogP contribution in [0, 0.1) is 0 Å². The van der Waals surface area contributed by atoms with E-state index in [1.807, 2.05) is 76.2 Å². The van der Waals surface area contributed by atoms with Crippen LogP contribution in [-0.4, -0.2) is 30.3 Å². The maximum Gasteiger partial charge on any atom is 0.385 e. The highest BCUT2D eigenvalue weighted by molar-refractivity contribution is 5.80. The highest BCUT2D eigenvalue weighted by atomic mass is 15.5. The van der Waals surface area contributed by atoms with Gasteiger partial charge >= 0.3 is 12.0 Å². The van der Waals surface area contributed by atoms with E-state index in [4.69, 9.17) is 0 Å². The third-order valence-corrected chi connectivity index (χ3v) is 4.66. The first kappa shape index (κ1) is 14.1. The van der Waals surface area contributed by atoms with Crippen LogP contribution in [0.5, 0.6) is 0 Å². The van der Waals surface area contributed by atoms with E-state index in [-0.39, 0.29) is 0 Å². The lowest BCUT2D eigenvalue weighted by molar-refractivity contribution is -0.706. The molecule has 0 fully saturated rings. The summed E-state index contributed by atoms with van der Waals surface area (Å²) in [5, 5.41) is 20.7. The zero-order chi connectivity index (χ0) is 17.8. The molecule has 0 unspecified atom stereocenters. The van der Waals surface area contributed by atoms with Crippen LogP contribution in [0.3, 0.4) is 0 Å². The Labute approximate surface area is 152 Å². The molecule has 128 valence electrons. The van der Waals surface area contributed by atoms with Gasteiger partial charge in [-0.1, -0.05) is 0 Å². The maximum absolute atomic E-state index is 4.65. The highest BCUT2D eigenvalue weighted by Crippen LogP contribution is 2.18. The van der Waals surface area contributed by atoms with Gasteiger partial charge in [0.15, 0.2) is 0 Å². The van der Waals surface area contributed by atoms with Crippen molar-refractivity contribution in [3.63, 3.8) is 0 Å². The maximum atomic E-state index is 4.65. The number of rotatable bonds is 2. The molecule has 6 rings (SSSR count). The van der Waals surface area contributed by atoms with Crippen LogP contribution < -0.4 is 9.08 Å². The SMILES string of the molecule is c1cc[n+]2c[n+](-c3ccc4nn(-c5ccc6cn[nH]c6c5)nc4c3)[nH]c2c1. The number of aromatic nitrogens is 8. The number of pyridine rings is 1. The normalized spacial score (nSPS) is 11.7. The lowest BCUT2D eigenvalue weighted by Crippen LogP contribution is -2.33. The fourth-order valence-corrected chi connectivity index (χ4v) is 3.28. The van der Waals surface area contributed by atoms with Gasteiger partial charge in [-0.2, -0.15) is 9.90 Å². The van der Waals surface area contributed by atoms with Gasteiger partial charge in [-0.15, -0.1) is 14.6 Å². The Kier molecular flexibility index (Phi) is 2.73. The topological polar surface area (TPSA) is 83.2 Å². The summed E-state index contributed by atoms with van der Waals surface area (Å²) < 4.78 is 3.99. The molecule has 4 heterocycles. The van der Waals surface area contributed by atoms with Crippen LogP contribution >= 0.6 is 0 Å². The van der Waals surface area contributed by atoms with E-state index in [1.54, 1.807) is 11.0 Å². The standard InChI is InChI=1S/C19H13N8/c1-2-8-25-12-26(24-19(25)3-1)14-6-7-16-18(9-14)23-27(22-16)15-5-4-13-11-20-21-17(13)10-15/h1-12H,(H,20,21)/q+1/p+1. The number of hydrogen-bond donors (Lipinski definition) is 2. The zero-order valence-corrected chi connectivity index (χ0v) is 14.1. The van der Waals surface area contributed by atoms with Gasteiger partial charge in [0.2, 0.25) is 5.69 Å². The summed E-state index contributed by atoms with van der Waals surface area (Å²) >= 11 is 0. The monoisotopic (exact) mass is 354 g/mol. The van der Waals surface area contributed by atoms with Crippen molar-refractivity contribution in [2.45, 2.75) is 0 Å². The molecule has 27 heavy (non-hydrogen) atoms. The number of benzene rings is 2. The number of hydrogen-bond acceptors (Lipinski definition) is 3. The summed E-state index contributed by atoms with van der Waals surface area (Å²) in [7, 11) is 0. The van der Waals surface area contributed by atoms with Gasteiger partial charge in [0.1, 0.15) is 17.2 Å². The van der Waals surface area contributed by atoms with Gasteiger partial charge in [-0.05, 0) is 41.5 Å². The fourth-order valence-electron chi connectivity index (χ4n) is 3.28. The predicted octanol–water partition coefficient (Wildman–Crippen LogP) is 1.64. The van der Waals surface area contributed by atoms with Crippen molar-refractivity contribution >= 4 is 27.6 Å². The minimum absolute atomic E-state index is 0.827. The molecule has 4 aromatic heterocycles. The first-order valence-corrected chi connectivity index (χ1v) is 8.55. The molecule has 0 radical (unpaired) electrons. The van der Waals surface area contributed by atoms with Gasteiger partial charge < -0.3 is 0 Å². The van der Waals surface area contributed by atoms with Crippen molar-refractivity contribution in [1.82, 2.24) is 30.3 Å². The molecule has 6 aromatic rings. The quantitative estimate of drug-likeness (QED) is 0.464. The average molecular weight is 354 g/mol. The molecule has 8 heteroatoms. The van der Waals surface area contributed by atoms with Crippen molar-refractivity contribution in [2.24, 2.45) is 0 Å². The first-order valence-electron chi connectivity index (χ1n) is 8.55. The summed E-state index contributed by atoms with van der Waals surface area (Å²) in [5.41, 5.74) is 5.51. The second-order valence-electron chi connectivity index (χ2n) is 6.39. The molecule has 0 atom stereocenters. The number of aromatic amines is 2. The smallest absolute Gasteiger partial charge is 0.278 e. The molecule has 0 saturated heterocycles. The Bertz CT molecular complexity index is 1410. The summed E-state index contributed by atoms with van der Waals surface area (Å²) in [6, 6.07) is 18.0. The fraction of sp³-hybridized carbons (Fsp3) is 0. The molecule has 0 aliphatic heterocycles. The van der Waals surface area contributed by atoms with E-state index in [9.17, 15) is 0 Å². The average Bonchev–Trinajstić information content (AvgIpc) is 3.42. The summed E-state index contributed by atoms with van der Waals surface area (Å²) in [5.74, 6) is 0. The van der Waals surface area contributed by atoms with Crippen molar-refractivity contribution in [3.05, 3.63) is 73.3 Å². The van der Waals surface area contributed by atoms with E-state index in [1.165, 1.54) is 0 Å². The van der Waals surface area contributed by atoms with Crippen molar-refractivity contribution in [2.75, 3.05) is 0 Å². The Morgan fingerprint density at radius 1 is 0.926 bits per heavy atom. The minimum atomic E-state index is 0.827. The molecule has 2 N–H and O–H groups in total. The predicted molar refractivity (Wildman–Crippen MR) is 97.6 cm³/mol. The molecule has 0 saturated carbocycles. The van der Waals surface area contributed by atoms with Crippen LogP contribution in [0.25, 0.3) is 39.0 Å². The second-order valence-corrected chi connectivity index (χ2v) is 6.39. The van der Waals surface area contributed by atoms with Crippen LogP contribution in [0.1, 0.15) is 0 Å². The Hall–Kier alpha value is -4.07. The Morgan fingerprint density at radius 3 is 2.85 bits per heavy atom. The van der Waals surface area contributed by atoms with Gasteiger partial charge in [0, 0.05) is 22.2 Å². The first-order chi connectivity index (χ1) is 13.3. The van der Waals surface area contributed by atoms with E-state index in [0.717, 1.165) is 39.0 Å². The lowest BCUT2D eigenvalue weighted by Gasteiger charge is -1.98. The lowest BCUT2D eigenvalue weighted by atomic mass is 10.2. The highest BCUT2D eigenvalue weighted by Gasteiger charge is 2.17. The van der Waals surface area contributed by atoms with E-state index in [0.29, 0.717) is 0 Å². The molecule has 2 aromatic carbocycles. The van der Waals surface area contributed by atoms with Crippen LogP contribution in [-0.2, 0) is 0 Å². The Balaban J connectivity index is 1.46. The third kappa shape index (κ3) is 2.20. The van der Waals surface area contributed by atoms with E-state index < -0.39 is 0 Å². The summed E-state index contributed by atoms with van der Waals surface area (Å²) in [6.45, 7) is 0. The van der Waals surface area contributed by atoms with Crippen LogP contribution in [0.2, 0.25) is 0 Å². The summed E-state index contributed by atoms with van der Waals surface area (Å²) in [4.78, 5) is 1.65. The van der Waals surface area contributed by atoms with Gasteiger partial charge in [0.05, 0.1) is 23.5 Å². The van der Waals surface area contributed by atoms with Gasteiger partial charge in [0.25, 0.3) is 0 Å². The molecule has 8 nitrogen and oxygen atoms in total. The number of H-pyrrole nitrogens is 2. The number of fused-ring (bicyclic) bond motifs is 3. The number of nitrogens with one attached hydrogen (secondary N) is 2. The molecule has 0 bridgehead atoms. The van der Waals surface area contributed by atoms with E-state index in [2.05, 4.69) is 25.5 Å². The second kappa shape index (κ2) is 5.21. The molecule has 0 aliphatic carbocycles. The summed E-state index contributed by atoms with van der Waals surface area (Å²) in [6.07, 6.45) is 5.80. The molecular formula is C19H14N8+2. The minimum Gasteiger partial charge on any atom is -0.278 e. The van der Waals surface area contributed by atoms with Crippen LogP contribution in [0.4, 0.5) is 0 Å². The number of nitrogens with zero attached hydrogens (tertiary/aromatic N) is 6. The van der Waals surface area contributed by atoms with Crippen molar-refractivity contribution in [3.8, 4) is 11.4 Å². The molecule has 0 amide bonds. The molecular weight excluding hydrogens is 340 g/mol. The Morgan fingerprint density at radius 2 is 1.89 bits per heavy atom.